The third kappa shape index (κ3) is 4.65. The lowest BCUT2D eigenvalue weighted by Crippen LogP contribution is -2.29. The first-order chi connectivity index (χ1) is 13.1. The van der Waals surface area contributed by atoms with E-state index in [9.17, 15) is 14.4 Å². The number of carbonyl (C=O) groups excluding carboxylic acids is 3. The first kappa shape index (κ1) is 18.9. The molecule has 1 aliphatic heterocycles. The molecule has 138 valence electrons. The van der Waals surface area contributed by atoms with E-state index in [-0.39, 0.29) is 11.1 Å². The van der Waals surface area contributed by atoms with E-state index in [2.05, 4.69) is 4.74 Å². The minimum absolute atomic E-state index is 0.245. The van der Waals surface area contributed by atoms with Gasteiger partial charge in [0.15, 0.2) is 0 Å². The van der Waals surface area contributed by atoms with Gasteiger partial charge >= 0.3 is 5.97 Å². The van der Waals surface area contributed by atoms with Crippen LogP contribution in [-0.4, -0.2) is 35.7 Å². The van der Waals surface area contributed by atoms with Gasteiger partial charge < -0.3 is 4.74 Å². The van der Waals surface area contributed by atoms with Crippen LogP contribution in [0.1, 0.15) is 27.9 Å². The summed E-state index contributed by atoms with van der Waals surface area (Å²) >= 11 is 0.945. The van der Waals surface area contributed by atoms with Crippen molar-refractivity contribution >= 4 is 35.0 Å². The molecule has 1 fully saturated rings. The molecule has 27 heavy (non-hydrogen) atoms. The van der Waals surface area contributed by atoms with Crippen molar-refractivity contribution < 1.29 is 19.1 Å². The average molecular weight is 381 g/mol. The van der Waals surface area contributed by atoms with Gasteiger partial charge in [0.05, 0.1) is 17.6 Å². The average Bonchev–Trinajstić information content (AvgIpc) is 2.96. The number of methoxy groups -OCH3 is 1. The highest BCUT2D eigenvalue weighted by Gasteiger charge is 2.34. The number of benzene rings is 2. The van der Waals surface area contributed by atoms with Gasteiger partial charge in [-0.15, -0.1) is 0 Å². The highest BCUT2D eigenvalue weighted by atomic mass is 32.2. The number of thioether (sulfide) groups is 1. The Morgan fingerprint density at radius 1 is 1.07 bits per heavy atom. The zero-order valence-corrected chi connectivity index (χ0v) is 15.7. The maximum Gasteiger partial charge on any atom is 0.337 e. The second-order valence-corrected chi connectivity index (χ2v) is 7.03. The topological polar surface area (TPSA) is 63.7 Å². The quantitative estimate of drug-likeness (QED) is 0.556. The molecule has 1 heterocycles. The molecule has 3 rings (SSSR count). The van der Waals surface area contributed by atoms with Crippen molar-refractivity contribution in [3.63, 3.8) is 0 Å². The van der Waals surface area contributed by atoms with Gasteiger partial charge in [-0.25, -0.2) is 4.79 Å². The molecule has 1 saturated heterocycles. The van der Waals surface area contributed by atoms with Crippen LogP contribution in [0.2, 0.25) is 0 Å². The summed E-state index contributed by atoms with van der Waals surface area (Å²) in [6.07, 6.45) is 3.21. The van der Waals surface area contributed by atoms with Crippen LogP contribution in [0.4, 0.5) is 4.79 Å². The molecule has 0 atom stereocenters. The largest absolute Gasteiger partial charge is 0.465 e. The number of amides is 2. The van der Waals surface area contributed by atoms with Crippen LogP contribution in [0.15, 0.2) is 59.5 Å². The summed E-state index contributed by atoms with van der Waals surface area (Å²) < 4.78 is 4.66. The van der Waals surface area contributed by atoms with Crippen molar-refractivity contribution in [2.45, 2.75) is 12.8 Å². The fourth-order valence-corrected chi connectivity index (χ4v) is 3.63. The third-order valence-electron chi connectivity index (χ3n) is 4.19. The van der Waals surface area contributed by atoms with Gasteiger partial charge in [0, 0.05) is 6.54 Å². The molecule has 2 aromatic rings. The normalized spacial score (nSPS) is 15.4. The van der Waals surface area contributed by atoms with E-state index in [4.69, 9.17) is 0 Å². The van der Waals surface area contributed by atoms with Crippen LogP contribution in [0.3, 0.4) is 0 Å². The molecule has 1 aliphatic rings. The molecule has 0 aromatic heterocycles. The van der Waals surface area contributed by atoms with Crippen molar-refractivity contribution in [3.8, 4) is 0 Å². The Morgan fingerprint density at radius 2 is 1.78 bits per heavy atom. The number of hydrogen-bond acceptors (Lipinski definition) is 5. The Labute approximate surface area is 162 Å². The molecule has 0 radical (unpaired) electrons. The molecular weight excluding hydrogens is 362 g/mol. The zero-order valence-electron chi connectivity index (χ0n) is 14.9. The van der Waals surface area contributed by atoms with Gasteiger partial charge in [-0.3, -0.25) is 14.5 Å². The molecule has 0 unspecified atom stereocenters. The maximum absolute atomic E-state index is 12.5. The molecule has 0 N–H and O–H groups in total. The van der Waals surface area contributed by atoms with E-state index in [1.807, 2.05) is 30.3 Å². The summed E-state index contributed by atoms with van der Waals surface area (Å²) in [5.74, 6) is -0.685. The van der Waals surface area contributed by atoms with Gasteiger partial charge in [0.25, 0.3) is 11.1 Å². The van der Waals surface area contributed by atoms with Gasteiger partial charge in [0.2, 0.25) is 0 Å². The van der Waals surface area contributed by atoms with Crippen LogP contribution in [0.25, 0.3) is 6.08 Å². The molecule has 2 aromatic carbocycles. The van der Waals surface area contributed by atoms with E-state index >= 15 is 0 Å². The van der Waals surface area contributed by atoms with Crippen molar-refractivity contribution in [3.05, 3.63) is 76.2 Å². The van der Waals surface area contributed by atoms with Crippen molar-refractivity contribution in [1.29, 1.82) is 0 Å². The zero-order chi connectivity index (χ0) is 19.2. The van der Waals surface area contributed by atoms with Gasteiger partial charge in [-0.05, 0) is 53.9 Å². The number of imide groups is 1. The van der Waals surface area contributed by atoms with E-state index in [0.717, 1.165) is 30.2 Å². The fraction of sp³-hybridized carbons (Fsp3) is 0.190. The first-order valence-corrected chi connectivity index (χ1v) is 9.38. The summed E-state index contributed by atoms with van der Waals surface area (Å²) in [6.45, 7) is 0.401. The van der Waals surface area contributed by atoms with Crippen molar-refractivity contribution in [2.75, 3.05) is 13.7 Å². The Hall–Kier alpha value is -2.86. The second-order valence-electron chi connectivity index (χ2n) is 6.04. The Bertz CT molecular complexity index is 875. The minimum atomic E-state index is -0.416. The number of carbonyl (C=O) groups is 3. The summed E-state index contributed by atoms with van der Waals surface area (Å²) in [5, 5.41) is -0.245. The number of esters is 1. The highest BCUT2D eigenvalue weighted by molar-refractivity contribution is 8.18. The number of ether oxygens (including phenoxy) is 1. The number of hydrogen-bond donors (Lipinski definition) is 0. The summed E-state index contributed by atoms with van der Waals surface area (Å²) in [4.78, 5) is 37.9. The monoisotopic (exact) mass is 381 g/mol. The van der Waals surface area contributed by atoms with Gasteiger partial charge in [0.1, 0.15) is 0 Å². The van der Waals surface area contributed by atoms with E-state index in [0.29, 0.717) is 17.0 Å². The molecule has 0 aliphatic carbocycles. The number of rotatable bonds is 6. The van der Waals surface area contributed by atoms with Crippen LogP contribution in [0, 0.1) is 0 Å². The predicted octanol–water partition coefficient (Wildman–Crippen LogP) is 4.14. The first-order valence-electron chi connectivity index (χ1n) is 8.56. The molecule has 0 bridgehead atoms. The Balaban J connectivity index is 1.62. The number of nitrogens with zero attached hydrogens (tertiary/aromatic N) is 1. The standard InChI is InChI=1S/C21H19NO4S/c1-26-20(24)17-11-9-16(10-12-17)14-18-19(23)22(21(25)27-18)13-5-8-15-6-3-2-4-7-15/h2-4,6-7,9-12,14H,5,8,13H2,1H3/b18-14+. The molecular formula is C21H19NO4S. The fourth-order valence-electron chi connectivity index (χ4n) is 2.76. The third-order valence-corrected chi connectivity index (χ3v) is 5.10. The maximum atomic E-state index is 12.5. The predicted molar refractivity (Wildman–Crippen MR) is 105 cm³/mol. The summed E-state index contributed by atoms with van der Waals surface area (Å²) in [5.41, 5.74) is 2.37. The van der Waals surface area contributed by atoms with Gasteiger partial charge in [-0.2, -0.15) is 0 Å². The Kier molecular flexibility index (Phi) is 6.08. The van der Waals surface area contributed by atoms with E-state index < -0.39 is 5.97 Å². The van der Waals surface area contributed by atoms with Crippen molar-refractivity contribution in [2.24, 2.45) is 0 Å². The van der Waals surface area contributed by atoms with E-state index in [1.54, 1.807) is 30.3 Å². The number of aryl methyl sites for hydroxylation is 1. The molecule has 0 saturated carbocycles. The van der Waals surface area contributed by atoms with Crippen LogP contribution < -0.4 is 0 Å². The highest BCUT2D eigenvalue weighted by Crippen LogP contribution is 2.32. The minimum Gasteiger partial charge on any atom is -0.465 e. The lowest BCUT2D eigenvalue weighted by atomic mass is 10.1. The summed E-state index contributed by atoms with van der Waals surface area (Å²) in [6, 6.07) is 16.7. The van der Waals surface area contributed by atoms with Crippen LogP contribution in [0.5, 0.6) is 0 Å². The molecule has 6 heteroatoms. The lowest BCUT2D eigenvalue weighted by Gasteiger charge is -2.12. The SMILES string of the molecule is COC(=O)c1ccc(/C=C2/SC(=O)N(CCCc3ccccc3)C2=O)cc1. The Morgan fingerprint density at radius 3 is 2.44 bits per heavy atom. The lowest BCUT2D eigenvalue weighted by molar-refractivity contribution is -0.122. The second kappa shape index (κ2) is 8.68. The molecule has 5 nitrogen and oxygen atoms in total. The van der Waals surface area contributed by atoms with Gasteiger partial charge in [-0.1, -0.05) is 42.5 Å². The smallest absolute Gasteiger partial charge is 0.337 e. The molecule has 0 spiro atoms. The molecule has 2 amide bonds. The van der Waals surface area contributed by atoms with Crippen LogP contribution >= 0.6 is 11.8 Å². The van der Waals surface area contributed by atoms with Crippen molar-refractivity contribution in [1.82, 2.24) is 4.90 Å². The van der Waals surface area contributed by atoms with E-state index in [1.165, 1.54) is 17.6 Å². The summed E-state index contributed by atoms with van der Waals surface area (Å²) in [7, 11) is 1.32. The van der Waals surface area contributed by atoms with Crippen LogP contribution in [-0.2, 0) is 16.0 Å².